The van der Waals surface area contributed by atoms with Crippen molar-refractivity contribution < 1.29 is 23.1 Å². The van der Waals surface area contributed by atoms with Crippen LogP contribution in [0.25, 0.3) is 0 Å². The van der Waals surface area contributed by atoms with Crippen molar-refractivity contribution in [2.45, 2.75) is 13.0 Å². The van der Waals surface area contributed by atoms with Gasteiger partial charge >= 0.3 is 5.97 Å². The van der Waals surface area contributed by atoms with Gasteiger partial charge in [0.1, 0.15) is 17.1 Å². The lowest BCUT2D eigenvalue weighted by Gasteiger charge is -2.06. The van der Waals surface area contributed by atoms with Crippen molar-refractivity contribution in [2.24, 2.45) is 5.73 Å². The quantitative estimate of drug-likeness (QED) is 0.805. The zero-order valence-corrected chi connectivity index (χ0v) is 7.38. The van der Waals surface area contributed by atoms with Crippen LogP contribution < -0.4 is 5.73 Å². The van der Waals surface area contributed by atoms with Crippen LogP contribution in [0, 0.1) is 5.82 Å². The molecule has 0 aliphatic rings. The number of halogens is 3. The molecule has 0 spiro atoms. The lowest BCUT2D eigenvalue weighted by atomic mass is 10.1. The van der Waals surface area contributed by atoms with Crippen molar-refractivity contribution in [3.63, 3.8) is 0 Å². The first kappa shape index (κ1) is 11.4. The Balaban J connectivity index is 3.37. The van der Waals surface area contributed by atoms with Crippen LogP contribution in [0.5, 0.6) is 0 Å². The molecule has 0 atom stereocenters. The fraction of sp³-hybridized carbons (Fsp3) is 0.250. The van der Waals surface area contributed by atoms with Gasteiger partial charge in [-0.25, -0.2) is 22.9 Å². The highest BCUT2D eigenvalue weighted by atomic mass is 19.3. The molecule has 0 saturated heterocycles. The van der Waals surface area contributed by atoms with Crippen LogP contribution in [-0.2, 0) is 6.54 Å². The molecule has 3 N–H and O–H groups in total. The number of aromatic nitrogens is 1. The summed E-state index contributed by atoms with van der Waals surface area (Å²) in [7, 11) is 0. The monoisotopic (exact) mass is 220 g/mol. The maximum Gasteiger partial charge on any atom is 0.340 e. The van der Waals surface area contributed by atoms with Gasteiger partial charge in [0.15, 0.2) is 0 Å². The Morgan fingerprint density at radius 2 is 2.20 bits per heavy atom. The number of pyridine rings is 1. The van der Waals surface area contributed by atoms with Crippen LogP contribution in [0.3, 0.4) is 0 Å². The van der Waals surface area contributed by atoms with Gasteiger partial charge in [-0.15, -0.1) is 0 Å². The molecule has 0 unspecified atom stereocenters. The minimum absolute atomic E-state index is 0.391. The molecule has 0 fully saturated rings. The predicted molar refractivity (Wildman–Crippen MR) is 44.0 cm³/mol. The molecule has 1 rings (SSSR count). The first-order chi connectivity index (χ1) is 6.97. The van der Waals surface area contributed by atoms with E-state index in [1.165, 1.54) is 0 Å². The molecular formula is C8H7F3N2O2. The van der Waals surface area contributed by atoms with Crippen molar-refractivity contribution >= 4 is 5.97 Å². The fourth-order valence-corrected chi connectivity index (χ4v) is 1.07. The topological polar surface area (TPSA) is 76.2 Å². The second kappa shape index (κ2) is 4.26. The summed E-state index contributed by atoms with van der Waals surface area (Å²) in [5.41, 5.74) is 3.11. The van der Waals surface area contributed by atoms with Crippen molar-refractivity contribution in [1.29, 1.82) is 0 Å². The number of hydrogen-bond acceptors (Lipinski definition) is 3. The molecule has 0 amide bonds. The van der Waals surface area contributed by atoms with E-state index in [-0.39, 0.29) is 0 Å². The Kier molecular flexibility index (Phi) is 3.25. The first-order valence-electron chi connectivity index (χ1n) is 3.88. The minimum atomic E-state index is -2.97. The Labute approximate surface area is 82.5 Å². The number of carbonyl (C=O) groups is 1. The second-order valence-corrected chi connectivity index (χ2v) is 2.66. The molecule has 1 aromatic rings. The number of carboxylic acid groups (broad SMARTS) is 1. The molecule has 0 aliphatic carbocycles. The lowest BCUT2D eigenvalue weighted by molar-refractivity contribution is 0.0688. The highest BCUT2D eigenvalue weighted by molar-refractivity contribution is 5.89. The number of carboxylic acids is 1. The van der Waals surface area contributed by atoms with Crippen molar-refractivity contribution in [1.82, 2.24) is 4.98 Å². The van der Waals surface area contributed by atoms with Crippen LogP contribution in [0.1, 0.15) is 28.2 Å². The number of hydrogen-bond donors (Lipinski definition) is 2. The molecular weight excluding hydrogens is 213 g/mol. The molecule has 4 nitrogen and oxygen atoms in total. The summed E-state index contributed by atoms with van der Waals surface area (Å²) in [4.78, 5) is 13.8. The summed E-state index contributed by atoms with van der Waals surface area (Å²) in [5.74, 6) is -2.84. The van der Waals surface area contributed by atoms with E-state index >= 15 is 0 Å². The summed E-state index contributed by atoms with van der Waals surface area (Å²) < 4.78 is 37.5. The van der Waals surface area contributed by atoms with E-state index in [4.69, 9.17) is 10.8 Å². The van der Waals surface area contributed by atoms with E-state index < -0.39 is 41.7 Å². The highest BCUT2D eigenvalue weighted by Gasteiger charge is 2.21. The predicted octanol–water partition coefficient (Wildman–Crippen LogP) is 1.32. The molecule has 15 heavy (non-hydrogen) atoms. The fourth-order valence-electron chi connectivity index (χ4n) is 1.07. The van der Waals surface area contributed by atoms with Gasteiger partial charge in [0.25, 0.3) is 6.43 Å². The van der Waals surface area contributed by atoms with E-state index in [0.29, 0.717) is 6.07 Å². The third kappa shape index (κ3) is 2.24. The van der Waals surface area contributed by atoms with Crippen LogP contribution >= 0.6 is 0 Å². The van der Waals surface area contributed by atoms with Gasteiger partial charge in [-0.05, 0) is 0 Å². The van der Waals surface area contributed by atoms with Gasteiger partial charge in [-0.1, -0.05) is 0 Å². The average molecular weight is 220 g/mol. The molecule has 1 heterocycles. The molecule has 0 bridgehead atoms. The smallest absolute Gasteiger partial charge is 0.340 e. The largest absolute Gasteiger partial charge is 0.478 e. The van der Waals surface area contributed by atoms with Crippen LogP contribution in [0.2, 0.25) is 0 Å². The molecule has 0 radical (unpaired) electrons. The van der Waals surface area contributed by atoms with E-state index in [1.54, 1.807) is 0 Å². The molecule has 1 aromatic heterocycles. The molecule has 0 saturated carbocycles. The standard InChI is InChI=1S/C8H7F3N2O2/c9-3-1-4(7(10)11)13-5(2-12)6(3)8(14)15/h1,7H,2,12H2,(H,14,15). The lowest BCUT2D eigenvalue weighted by Crippen LogP contribution is -2.13. The van der Waals surface area contributed by atoms with Gasteiger partial charge in [0, 0.05) is 12.6 Å². The van der Waals surface area contributed by atoms with Crippen molar-refractivity contribution in [3.8, 4) is 0 Å². The molecule has 0 aromatic carbocycles. The van der Waals surface area contributed by atoms with E-state index in [9.17, 15) is 18.0 Å². The van der Waals surface area contributed by atoms with E-state index in [2.05, 4.69) is 4.98 Å². The number of nitrogens with two attached hydrogens (primary N) is 1. The maximum atomic E-state index is 13.1. The number of rotatable bonds is 3. The first-order valence-corrected chi connectivity index (χ1v) is 3.88. The third-order valence-corrected chi connectivity index (χ3v) is 1.70. The SMILES string of the molecule is NCc1nc(C(F)F)cc(F)c1C(=O)O. The van der Waals surface area contributed by atoms with Gasteiger partial charge in [-0.2, -0.15) is 0 Å². The Morgan fingerprint density at radius 3 is 2.60 bits per heavy atom. The summed E-state index contributed by atoms with van der Waals surface area (Å²) in [5, 5.41) is 8.58. The summed E-state index contributed by atoms with van der Waals surface area (Å²) in [6.45, 7) is -0.418. The molecule has 82 valence electrons. The Morgan fingerprint density at radius 1 is 1.60 bits per heavy atom. The van der Waals surface area contributed by atoms with Crippen LogP contribution in [0.15, 0.2) is 6.07 Å². The summed E-state index contributed by atoms with van der Waals surface area (Å²) in [6.07, 6.45) is -2.97. The molecule has 7 heteroatoms. The van der Waals surface area contributed by atoms with Gasteiger partial charge < -0.3 is 10.8 Å². The number of aromatic carboxylic acids is 1. The zero-order valence-electron chi connectivity index (χ0n) is 7.38. The Bertz CT molecular complexity index is 396. The van der Waals surface area contributed by atoms with Crippen LogP contribution in [0.4, 0.5) is 13.2 Å². The number of nitrogens with zero attached hydrogens (tertiary/aromatic N) is 1. The van der Waals surface area contributed by atoms with Gasteiger partial charge in [-0.3, -0.25) is 0 Å². The maximum absolute atomic E-state index is 13.1. The van der Waals surface area contributed by atoms with E-state index in [1.807, 2.05) is 0 Å². The average Bonchev–Trinajstić information content (AvgIpc) is 2.15. The minimum Gasteiger partial charge on any atom is -0.478 e. The van der Waals surface area contributed by atoms with Crippen molar-refractivity contribution in [3.05, 3.63) is 28.8 Å². The highest BCUT2D eigenvalue weighted by Crippen LogP contribution is 2.21. The Hall–Kier alpha value is -1.63. The summed E-state index contributed by atoms with van der Waals surface area (Å²) >= 11 is 0. The van der Waals surface area contributed by atoms with Gasteiger partial charge in [0.05, 0.1) is 5.69 Å². The zero-order chi connectivity index (χ0) is 11.6. The third-order valence-electron chi connectivity index (χ3n) is 1.70. The van der Waals surface area contributed by atoms with Crippen LogP contribution in [-0.4, -0.2) is 16.1 Å². The second-order valence-electron chi connectivity index (χ2n) is 2.66. The molecule has 0 aliphatic heterocycles. The van der Waals surface area contributed by atoms with E-state index in [0.717, 1.165) is 0 Å². The van der Waals surface area contributed by atoms with Gasteiger partial charge in [0.2, 0.25) is 0 Å². The van der Waals surface area contributed by atoms with Crippen molar-refractivity contribution in [2.75, 3.05) is 0 Å². The summed E-state index contributed by atoms with van der Waals surface area (Å²) in [6, 6.07) is 0.396. The number of alkyl halides is 2. The normalized spacial score (nSPS) is 10.7.